The fraction of sp³-hybridized carbons (Fsp3) is 0.357. The van der Waals surface area contributed by atoms with Gasteiger partial charge in [-0.1, -0.05) is 35.5 Å². The normalized spacial score (nSPS) is 20.6. The Morgan fingerprint density at radius 1 is 1.31 bits per heavy atom. The Morgan fingerprint density at radius 2 is 2.06 bits per heavy atom. The molecule has 1 aromatic rings. The second-order valence-corrected chi connectivity index (χ2v) is 5.36. The highest BCUT2D eigenvalue weighted by Crippen LogP contribution is 2.39. The fourth-order valence-electron chi connectivity index (χ4n) is 1.90. The number of rotatable bonds is 2. The monoisotopic (exact) mass is 229 g/mol. The van der Waals surface area contributed by atoms with E-state index in [4.69, 9.17) is 5.26 Å². The first-order valence-electron chi connectivity index (χ1n) is 5.60. The van der Waals surface area contributed by atoms with Gasteiger partial charge >= 0.3 is 0 Å². The van der Waals surface area contributed by atoms with Crippen molar-refractivity contribution >= 4 is 11.8 Å². The average Bonchev–Trinajstić information content (AvgIpc) is 2.33. The zero-order valence-corrected chi connectivity index (χ0v) is 10.3. The van der Waals surface area contributed by atoms with Crippen LogP contribution >= 0.6 is 11.8 Å². The van der Waals surface area contributed by atoms with Crippen molar-refractivity contribution in [3.05, 3.63) is 40.8 Å². The van der Waals surface area contributed by atoms with Crippen molar-refractivity contribution in [1.82, 2.24) is 0 Å². The van der Waals surface area contributed by atoms with Gasteiger partial charge in [0.2, 0.25) is 0 Å². The molecular weight excluding hydrogens is 214 g/mol. The van der Waals surface area contributed by atoms with Crippen molar-refractivity contribution in [2.45, 2.75) is 31.1 Å². The first kappa shape index (κ1) is 11.3. The van der Waals surface area contributed by atoms with E-state index in [1.165, 1.54) is 15.4 Å². The zero-order valence-electron chi connectivity index (χ0n) is 9.44. The molecule has 1 aliphatic carbocycles. The summed E-state index contributed by atoms with van der Waals surface area (Å²) in [7, 11) is 0. The molecule has 0 aliphatic heterocycles. The smallest absolute Gasteiger partial charge is 0.0659 e. The van der Waals surface area contributed by atoms with Gasteiger partial charge in [-0.15, -0.1) is 0 Å². The molecule has 0 heterocycles. The number of benzene rings is 1. The van der Waals surface area contributed by atoms with Crippen molar-refractivity contribution in [3.63, 3.8) is 0 Å². The van der Waals surface area contributed by atoms with Crippen LogP contribution in [0, 0.1) is 17.2 Å². The highest BCUT2D eigenvalue weighted by atomic mass is 32.2. The maximum absolute atomic E-state index is 8.98. The SMILES string of the molecule is CC1=C(Sc2ccccc2)CC(C#N)CC1. The molecule has 0 spiro atoms. The van der Waals surface area contributed by atoms with Crippen molar-refractivity contribution in [3.8, 4) is 6.07 Å². The molecule has 2 heteroatoms. The largest absolute Gasteiger partial charge is 0.198 e. The highest BCUT2D eigenvalue weighted by molar-refractivity contribution is 8.03. The summed E-state index contributed by atoms with van der Waals surface area (Å²) in [5.74, 6) is 0.218. The molecule has 0 bridgehead atoms. The third-order valence-corrected chi connectivity index (χ3v) is 4.21. The van der Waals surface area contributed by atoms with Gasteiger partial charge in [-0.25, -0.2) is 0 Å². The summed E-state index contributed by atoms with van der Waals surface area (Å²) in [5.41, 5.74) is 1.46. The van der Waals surface area contributed by atoms with Gasteiger partial charge in [0.15, 0.2) is 0 Å². The molecule has 0 fully saturated rings. The Morgan fingerprint density at radius 3 is 2.75 bits per heavy atom. The van der Waals surface area contributed by atoms with Crippen LogP contribution in [0.25, 0.3) is 0 Å². The zero-order chi connectivity index (χ0) is 11.4. The van der Waals surface area contributed by atoms with Crippen LogP contribution in [0.15, 0.2) is 45.7 Å². The van der Waals surface area contributed by atoms with Gasteiger partial charge in [-0.05, 0) is 43.2 Å². The van der Waals surface area contributed by atoms with Gasteiger partial charge in [0.1, 0.15) is 0 Å². The van der Waals surface area contributed by atoms with Crippen LogP contribution in [-0.2, 0) is 0 Å². The van der Waals surface area contributed by atoms with E-state index in [9.17, 15) is 0 Å². The second kappa shape index (κ2) is 5.23. The number of hydrogen-bond donors (Lipinski definition) is 0. The third kappa shape index (κ3) is 2.68. The third-order valence-electron chi connectivity index (χ3n) is 2.94. The standard InChI is InChI=1S/C14H15NS/c1-11-7-8-12(10-15)9-14(11)16-13-5-3-2-4-6-13/h2-6,12H,7-9H2,1H3. The lowest BCUT2D eigenvalue weighted by molar-refractivity contribution is 0.573. The molecule has 0 radical (unpaired) electrons. The van der Waals surface area contributed by atoms with Crippen molar-refractivity contribution in [1.29, 1.82) is 5.26 Å². The van der Waals surface area contributed by atoms with Crippen LogP contribution in [0.2, 0.25) is 0 Å². The maximum atomic E-state index is 8.98. The molecule has 16 heavy (non-hydrogen) atoms. The van der Waals surface area contributed by atoms with E-state index < -0.39 is 0 Å². The molecule has 0 amide bonds. The summed E-state index contributed by atoms with van der Waals surface area (Å²) in [5, 5.41) is 8.98. The Hall–Kier alpha value is -1.20. The lowest BCUT2D eigenvalue weighted by Crippen LogP contribution is -2.05. The van der Waals surface area contributed by atoms with Gasteiger partial charge in [-0.2, -0.15) is 5.26 Å². The number of nitrogens with zero attached hydrogens (tertiary/aromatic N) is 1. The van der Waals surface area contributed by atoms with Gasteiger partial charge in [0.05, 0.1) is 12.0 Å². The lowest BCUT2D eigenvalue weighted by atomic mass is 9.91. The predicted molar refractivity (Wildman–Crippen MR) is 68.0 cm³/mol. The number of hydrogen-bond acceptors (Lipinski definition) is 2. The summed E-state index contributed by atoms with van der Waals surface area (Å²) in [4.78, 5) is 2.67. The number of thioether (sulfide) groups is 1. The molecule has 1 aromatic carbocycles. The summed E-state index contributed by atoms with van der Waals surface area (Å²) in [6, 6.07) is 12.8. The molecule has 0 saturated carbocycles. The predicted octanol–water partition coefficient (Wildman–Crippen LogP) is 4.38. The van der Waals surface area contributed by atoms with Gasteiger partial charge < -0.3 is 0 Å². The molecule has 0 saturated heterocycles. The first-order valence-corrected chi connectivity index (χ1v) is 6.42. The molecule has 1 nitrogen and oxygen atoms in total. The minimum Gasteiger partial charge on any atom is -0.198 e. The molecule has 2 rings (SSSR count). The van der Waals surface area contributed by atoms with Crippen molar-refractivity contribution < 1.29 is 0 Å². The maximum Gasteiger partial charge on any atom is 0.0659 e. The molecule has 0 aromatic heterocycles. The van der Waals surface area contributed by atoms with Crippen LogP contribution in [0.3, 0.4) is 0 Å². The summed E-state index contributed by atoms with van der Waals surface area (Å²) < 4.78 is 0. The van der Waals surface area contributed by atoms with E-state index in [0.29, 0.717) is 0 Å². The van der Waals surface area contributed by atoms with Gasteiger partial charge in [-0.3, -0.25) is 0 Å². The Labute approximate surface area is 101 Å². The van der Waals surface area contributed by atoms with E-state index in [0.717, 1.165) is 19.3 Å². The lowest BCUT2D eigenvalue weighted by Gasteiger charge is -2.20. The highest BCUT2D eigenvalue weighted by Gasteiger charge is 2.19. The molecule has 1 aliphatic rings. The molecular formula is C14H15NS. The van der Waals surface area contributed by atoms with E-state index >= 15 is 0 Å². The summed E-state index contributed by atoms with van der Waals surface area (Å²) >= 11 is 1.82. The van der Waals surface area contributed by atoms with E-state index in [1.54, 1.807) is 0 Å². The minimum atomic E-state index is 0.218. The van der Waals surface area contributed by atoms with Crippen molar-refractivity contribution in [2.24, 2.45) is 5.92 Å². The Kier molecular flexibility index (Phi) is 3.69. The van der Waals surface area contributed by atoms with E-state index in [-0.39, 0.29) is 5.92 Å². The second-order valence-electron chi connectivity index (χ2n) is 4.19. The fourth-order valence-corrected chi connectivity index (χ4v) is 3.04. The molecule has 0 N–H and O–H groups in total. The Bertz CT molecular complexity index is 428. The topological polar surface area (TPSA) is 23.8 Å². The van der Waals surface area contributed by atoms with Crippen LogP contribution in [0.5, 0.6) is 0 Å². The minimum absolute atomic E-state index is 0.218. The van der Waals surface area contributed by atoms with Crippen LogP contribution in [0.1, 0.15) is 26.2 Å². The average molecular weight is 229 g/mol. The summed E-state index contributed by atoms with van der Waals surface area (Å²) in [6.45, 7) is 2.19. The number of allylic oxidation sites excluding steroid dienone is 2. The molecule has 1 atom stereocenters. The quantitative estimate of drug-likeness (QED) is 0.751. The van der Waals surface area contributed by atoms with Crippen LogP contribution < -0.4 is 0 Å². The van der Waals surface area contributed by atoms with Gasteiger partial charge in [0.25, 0.3) is 0 Å². The molecule has 82 valence electrons. The summed E-state index contributed by atoms with van der Waals surface area (Å²) in [6.07, 6.45) is 3.04. The van der Waals surface area contributed by atoms with Crippen molar-refractivity contribution in [2.75, 3.05) is 0 Å². The van der Waals surface area contributed by atoms with E-state index in [2.05, 4.69) is 37.3 Å². The Balaban J connectivity index is 2.12. The van der Waals surface area contributed by atoms with E-state index in [1.807, 2.05) is 17.8 Å². The first-order chi connectivity index (χ1) is 7.79. The molecule has 1 unspecified atom stereocenters. The van der Waals surface area contributed by atoms with Gasteiger partial charge in [0, 0.05) is 4.90 Å². The van der Waals surface area contributed by atoms with Crippen LogP contribution in [0.4, 0.5) is 0 Å². The number of nitriles is 1. The van der Waals surface area contributed by atoms with Crippen LogP contribution in [-0.4, -0.2) is 0 Å².